The third-order valence-electron chi connectivity index (χ3n) is 7.90. The lowest BCUT2D eigenvalue weighted by molar-refractivity contribution is -0.112. The van der Waals surface area contributed by atoms with Crippen molar-refractivity contribution in [2.45, 2.75) is 46.2 Å². The molecule has 4 rings (SSSR count). The van der Waals surface area contributed by atoms with E-state index >= 15 is 4.39 Å². The molecular formula is C31H39FN4O3. The summed E-state index contributed by atoms with van der Waals surface area (Å²) < 4.78 is 22.2. The van der Waals surface area contributed by atoms with Gasteiger partial charge in [-0.1, -0.05) is 37.3 Å². The van der Waals surface area contributed by atoms with E-state index in [1.165, 1.54) is 12.1 Å². The quantitative estimate of drug-likeness (QED) is 0.279. The van der Waals surface area contributed by atoms with Crippen molar-refractivity contribution in [3.8, 4) is 11.1 Å². The van der Waals surface area contributed by atoms with E-state index in [-0.39, 0.29) is 16.9 Å². The van der Waals surface area contributed by atoms with Gasteiger partial charge in [-0.3, -0.25) is 14.5 Å². The number of anilines is 2. The molecule has 0 atom stereocenters. The van der Waals surface area contributed by atoms with Crippen molar-refractivity contribution in [1.29, 1.82) is 0 Å². The van der Waals surface area contributed by atoms with E-state index in [2.05, 4.69) is 35.9 Å². The number of nitrogens with one attached hydrogen (secondary N) is 1. The van der Waals surface area contributed by atoms with E-state index < -0.39 is 17.5 Å². The number of aromatic nitrogens is 1. The monoisotopic (exact) mass is 534 g/mol. The molecule has 208 valence electrons. The Bertz CT molecular complexity index is 1310. The van der Waals surface area contributed by atoms with Crippen LogP contribution in [0.2, 0.25) is 0 Å². The van der Waals surface area contributed by atoms with Gasteiger partial charge in [-0.25, -0.2) is 4.39 Å². The van der Waals surface area contributed by atoms with Crippen LogP contribution in [0.3, 0.4) is 0 Å². The van der Waals surface area contributed by atoms with Gasteiger partial charge in [-0.05, 0) is 57.0 Å². The van der Waals surface area contributed by atoms with Crippen LogP contribution in [0.15, 0.2) is 54.6 Å². The second kappa shape index (κ2) is 12.1. The number of ketones is 1. The zero-order chi connectivity index (χ0) is 28.2. The largest absolute Gasteiger partial charge is 0.383 e. The standard InChI is InChI=1S/C31H39FN4O3/c1-6-31(3,4)35-16-14-34(15-17-35)24-12-13-27(26(32)21-24)33-30(38)29(37)28-25(23-10-8-7-9-11-23)20-22(2)36(28)18-19-39-5/h7-13,20-21H,6,14-19H2,1-5H3,(H,33,38). The molecule has 0 bridgehead atoms. The predicted octanol–water partition coefficient (Wildman–Crippen LogP) is 5.38. The van der Waals surface area contributed by atoms with Crippen LogP contribution in [-0.4, -0.2) is 66.6 Å². The highest BCUT2D eigenvalue weighted by molar-refractivity contribution is 6.47. The molecule has 1 aliphatic heterocycles. The van der Waals surface area contributed by atoms with Crippen molar-refractivity contribution in [2.24, 2.45) is 0 Å². The third-order valence-corrected chi connectivity index (χ3v) is 7.90. The highest BCUT2D eigenvalue weighted by atomic mass is 19.1. The first kappa shape index (κ1) is 28.5. The lowest BCUT2D eigenvalue weighted by Crippen LogP contribution is -2.54. The molecule has 1 aliphatic rings. The van der Waals surface area contributed by atoms with Crippen LogP contribution >= 0.6 is 0 Å². The SMILES string of the molecule is CCC(C)(C)N1CCN(c2ccc(NC(=O)C(=O)c3c(-c4ccccc4)cc(C)n3CCOC)c(F)c2)CC1. The summed E-state index contributed by atoms with van der Waals surface area (Å²) in [6, 6.07) is 16.1. The average molecular weight is 535 g/mol. The predicted molar refractivity (Wildman–Crippen MR) is 154 cm³/mol. The van der Waals surface area contributed by atoms with Gasteiger partial charge in [-0.15, -0.1) is 0 Å². The summed E-state index contributed by atoms with van der Waals surface area (Å²) >= 11 is 0. The van der Waals surface area contributed by atoms with Gasteiger partial charge in [-0.2, -0.15) is 0 Å². The van der Waals surface area contributed by atoms with Crippen LogP contribution in [0.4, 0.5) is 15.8 Å². The number of nitrogens with zero attached hydrogens (tertiary/aromatic N) is 3. The number of ether oxygens (including phenoxy) is 1. The van der Waals surface area contributed by atoms with Gasteiger partial charge in [0, 0.05) is 62.3 Å². The summed E-state index contributed by atoms with van der Waals surface area (Å²) in [7, 11) is 1.59. The maximum Gasteiger partial charge on any atom is 0.298 e. The lowest BCUT2D eigenvalue weighted by Gasteiger charge is -2.44. The fourth-order valence-corrected chi connectivity index (χ4v) is 5.11. The Kier molecular flexibility index (Phi) is 8.87. The van der Waals surface area contributed by atoms with Gasteiger partial charge in [0.15, 0.2) is 0 Å². The number of amides is 1. The Morgan fingerprint density at radius 2 is 1.72 bits per heavy atom. The van der Waals surface area contributed by atoms with Crippen LogP contribution in [0.5, 0.6) is 0 Å². The Labute approximate surface area is 230 Å². The molecule has 2 aromatic carbocycles. The molecule has 7 nitrogen and oxygen atoms in total. The molecule has 0 radical (unpaired) electrons. The van der Waals surface area contributed by atoms with Crippen LogP contribution < -0.4 is 10.2 Å². The zero-order valence-electron chi connectivity index (χ0n) is 23.6. The van der Waals surface area contributed by atoms with Crippen LogP contribution in [-0.2, 0) is 16.1 Å². The van der Waals surface area contributed by atoms with Crippen molar-refractivity contribution in [1.82, 2.24) is 9.47 Å². The van der Waals surface area contributed by atoms with Crippen molar-refractivity contribution < 1.29 is 18.7 Å². The molecule has 1 N–H and O–H groups in total. The second-order valence-electron chi connectivity index (χ2n) is 10.6. The minimum atomic E-state index is -0.883. The number of piperazine rings is 1. The number of aryl methyl sites for hydroxylation is 1. The average Bonchev–Trinajstić information content (AvgIpc) is 3.28. The summed E-state index contributed by atoms with van der Waals surface area (Å²) in [6.07, 6.45) is 1.07. The molecule has 0 unspecified atom stereocenters. The summed E-state index contributed by atoms with van der Waals surface area (Å²) in [6.45, 7) is 12.8. The normalized spacial score (nSPS) is 14.5. The maximum absolute atomic E-state index is 15.2. The summed E-state index contributed by atoms with van der Waals surface area (Å²) in [5.41, 5.74) is 3.46. The van der Waals surface area contributed by atoms with E-state index in [9.17, 15) is 9.59 Å². The highest BCUT2D eigenvalue weighted by Crippen LogP contribution is 2.29. The van der Waals surface area contributed by atoms with Gasteiger partial charge >= 0.3 is 0 Å². The molecule has 0 spiro atoms. The van der Waals surface area contributed by atoms with Crippen LogP contribution in [0.1, 0.15) is 43.4 Å². The number of benzene rings is 2. The second-order valence-corrected chi connectivity index (χ2v) is 10.6. The van der Waals surface area contributed by atoms with Gasteiger partial charge in [0.2, 0.25) is 0 Å². The van der Waals surface area contributed by atoms with Gasteiger partial charge < -0.3 is 19.5 Å². The molecule has 1 aromatic heterocycles. The number of rotatable bonds is 10. The molecule has 1 amide bonds. The fourth-order valence-electron chi connectivity index (χ4n) is 5.11. The van der Waals surface area contributed by atoms with Gasteiger partial charge in [0.05, 0.1) is 12.3 Å². The Morgan fingerprint density at radius 1 is 1.03 bits per heavy atom. The first-order valence-electron chi connectivity index (χ1n) is 13.6. The third kappa shape index (κ3) is 6.23. The molecule has 1 fully saturated rings. The van der Waals surface area contributed by atoms with E-state index in [1.54, 1.807) is 17.7 Å². The summed E-state index contributed by atoms with van der Waals surface area (Å²) in [4.78, 5) is 31.3. The molecule has 8 heteroatoms. The highest BCUT2D eigenvalue weighted by Gasteiger charge is 2.29. The van der Waals surface area contributed by atoms with Gasteiger partial charge in [0.25, 0.3) is 11.7 Å². The van der Waals surface area contributed by atoms with Crippen molar-refractivity contribution in [3.05, 3.63) is 71.8 Å². The summed E-state index contributed by atoms with van der Waals surface area (Å²) in [5, 5.41) is 2.51. The molecule has 0 saturated carbocycles. The lowest BCUT2D eigenvalue weighted by atomic mass is 9.98. The number of hydrogen-bond donors (Lipinski definition) is 1. The molecule has 1 saturated heterocycles. The van der Waals surface area contributed by atoms with E-state index in [4.69, 9.17) is 4.74 Å². The molecule has 3 aromatic rings. The Hall–Kier alpha value is -3.49. The van der Waals surface area contributed by atoms with Crippen molar-refractivity contribution in [3.63, 3.8) is 0 Å². The van der Waals surface area contributed by atoms with E-state index in [1.807, 2.05) is 43.3 Å². The van der Waals surface area contributed by atoms with E-state index in [0.29, 0.717) is 18.7 Å². The molecule has 2 heterocycles. The van der Waals surface area contributed by atoms with Crippen LogP contribution in [0, 0.1) is 12.7 Å². The van der Waals surface area contributed by atoms with Gasteiger partial charge in [0.1, 0.15) is 11.5 Å². The minimum Gasteiger partial charge on any atom is -0.383 e. The van der Waals surface area contributed by atoms with Crippen LogP contribution in [0.25, 0.3) is 11.1 Å². The maximum atomic E-state index is 15.2. The fraction of sp³-hybridized carbons (Fsp3) is 0.419. The van der Waals surface area contributed by atoms with E-state index in [0.717, 1.165) is 49.5 Å². The number of carbonyl (C=O) groups excluding carboxylic acids is 2. The number of halogens is 1. The number of Topliss-reactive ketones (excluding diaryl/α,β-unsaturated/α-hetero) is 1. The first-order valence-corrected chi connectivity index (χ1v) is 13.6. The molecule has 39 heavy (non-hydrogen) atoms. The molecular weight excluding hydrogens is 495 g/mol. The number of carbonyl (C=O) groups is 2. The minimum absolute atomic E-state index is 0.0177. The molecule has 0 aliphatic carbocycles. The smallest absolute Gasteiger partial charge is 0.298 e. The topological polar surface area (TPSA) is 66.8 Å². The Balaban J connectivity index is 1.52. The summed E-state index contributed by atoms with van der Waals surface area (Å²) in [5.74, 6) is -2.18. The number of hydrogen-bond acceptors (Lipinski definition) is 5. The van der Waals surface area contributed by atoms with Crippen molar-refractivity contribution in [2.75, 3.05) is 50.1 Å². The van der Waals surface area contributed by atoms with Crippen molar-refractivity contribution >= 4 is 23.1 Å². The number of methoxy groups -OCH3 is 1. The Morgan fingerprint density at radius 3 is 2.33 bits per heavy atom. The zero-order valence-corrected chi connectivity index (χ0v) is 23.6. The first-order chi connectivity index (χ1) is 18.7.